The summed E-state index contributed by atoms with van der Waals surface area (Å²) in [6.07, 6.45) is 0. The molecule has 0 aromatic heterocycles. The molecule has 0 atom stereocenters. The topological polar surface area (TPSA) is 95.8 Å². The maximum absolute atomic E-state index is 12.6. The molecule has 8 nitrogen and oxygen atoms in total. The molecule has 0 radical (unpaired) electrons. The maximum Gasteiger partial charge on any atom is 0.292 e. The quantitative estimate of drug-likeness (QED) is 0.489. The van der Waals surface area contributed by atoms with Crippen molar-refractivity contribution in [1.82, 2.24) is 9.80 Å². The lowest BCUT2D eigenvalue weighted by Crippen LogP contribution is -2.30. The molecule has 30 heavy (non-hydrogen) atoms. The Balaban J connectivity index is 2.32. The molecule has 0 aliphatic carbocycles. The lowest BCUT2D eigenvalue weighted by Gasteiger charge is -2.19. The Kier molecular flexibility index (Phi) is 7.91. The number of carbonyl (C=O) groups excluding carboxylic acids is 2. The highest BCUT2D eigenvalue weighted by molar-refractivity contribution is 5.96. The molecule has 0 unspecified atom stereocenters. The number of rotatable bonds is 9. The Bertz CT molecular complexity index is 904. The van der Waals surface area contributed by atoms with E-state index >= 15 is 0 Å². The molecule has 0 aliphatic rings. The van der Waals surface area contributed by atoms with Gasteiger partial charge in [-0.1, -0.05) is 0 Å². The minimum Gasteiger partial charge on any atom is -0.350 e. The van der Waals surface area contributed by atoms with Gasteiger partial charge < -0.3 is 15.1 Å². The second-order valence-corrected chi connectivity index (χ2v) is 6.65. The predicted octanol–water partition coefficient (Wildman–Crippen LogP) is 4.30. The second kappa shape index (κ2) is 10.4. The van der Waals surface area contributed by atoms with Crippen LogP contribution in [-0.2, 0) is 0 Å². The third kappa shape index (κ3) is 5.14. The first kappa shape index (κ1) is 22.9. The first-order chi connectivity index (χ1) is 14.4. The third-order valence-electron chi connectivity index (χ3n) is 4.95. The maximum atomic E-state index is 12.6. The van der Waals surface area contributed by atoms with Gasteiger partial charge in [0.15, 0.2) is 0 Å². The van der Waals surface area contributed by atoms with Crippen molar-refractivity contribution in [2.75, 3.05) is 31.5 Å². The van der Waals surface area contributed by atoms with Gasteiger partial charge in [-0.2, -0.15) is 0 Å². The molecule has 1 N–H and O–H groups in total. The predicted molar refractivity (Wildman–Crippen MR) is 117 cm³/mol. The minimum absolute atomic E-state index is 0.0654. The van der Waals surface area contributed by atoms with Crippen LogP contribution in [0.1, 0.15) is 48.4 Å². The zero-order valence-corrected chi connectivity index (χ0v) is 17.8. The molecular formula is C22H28N4O4. The van der Waals surface area contributed by atoms with Gasteiger partial charge in [-0.25, -0.2) is 0 Å². The second-order valence-electron chi connectivity index (χ2n) is 6.65. The fourth-order valence-electron chi connectivity index (χ4n) is 3.17. The van der Waals surface area contributed by atoms with Crippen molar-refractivity contribution < 1.29 is 14.5 Å². The first-order valence-corrected chi connectivity index (χ1v) is 10.1. The van der Waals surface area contributed by atoms with Gasteiger partial charge in [-0.3, -0.25) is 19.7 Å². The average molecular weight is 412 g/mol. The van der Waals surface area contributed by atoms with E-state index in [-0.39, 0.29) is 23.2 Å². The molecule has 0 aliphatic heterocycles. The van der Waals surface area contributed by atoms with E-state index in [4.69, 9.17) is 0 Å². The van der Waals surface area contributed by atoms with E-state index in [0.717, 1.165) is 0 Å². The molecule has 8 heteroatoms. The molecule has 2 amide bonds. The van der Waals surface area contributed by atoms with E-state index in [2.05, 4.69) is 5.32 Å². The van der Waals surface area contributed by atoms with Gasteiger partial charge >= 0.3 is 0 Å². The number of nitro benzene ring substituents is 1. The van der Waals surface area contributed by atoms with Crippen molar-refractivity contribution >= 4 is 28.9 Å². The number of amides is 2. The molecular weight excluding hydrogens is 384 g/mol. The van der Waals surface area contributed by atoms with Crippen LogP contribution in [0.2, 0.25) is 0 Å². The molecule has 0 saturated carbocycles. The Morgan fingerprint density at radius 2 is 1.30 bits per heavy atom. The number of anilines is 2. The van der Waals surface area contributed by atoms with Gasteiger partial charge in [0.2, 0.25) is 0 Å². The molecule has 2 aromatic carbocycles. The van der Waals surface area contributed by atoms with Crippen molar-refractivity contribution in [3.8, 4) is 0 Å². The van der Waals surface area contributed by atoms with Gasteiger partial charge in [0.1, 0.15) is 5.69 Å². The van der Waals surface area contributed by atoms with Gasteiger partial charge in [-0.05, 0) is 64.1 Å². The highest BCUT2D eigenvalue weighted by atomic mass is 16.6. The van der Waals surface area contributed by atoms with Crippen molar-refractivity contribution in [3.63, 3.8) is 0 Å². The van der Waals surface area contributed by atoms with Crippen LogP contribution in [0.15, 0.2) is 42.5 Å². The summed E-state index contributed by atoms with van der Waals surface area (Å²) in [5, 5.41) is 14.5. The Labute approximate surface area is 176 Å². The van der Waals surface area contributed by atoms with E-state index in [9.17, 15) is 19.7 Å². The van der Waals surface area contributed by atoms with Gasteiger partial charge in [0.05, 0.1) is 4.92 Å². The normalized spacial score (nSPS) is 10.4. The van der Waals surface area contributed by atoms with Gasteiger partial charge in [0.25, 0.3) is 17.5 Å². The molecule has 160 valence electrons. The SMILES string of the molecule is CCN(CC)C(=O)c1ccc(Nc2cc(C(=O)N(CC)CC)ccc2[N+](=O)[O-])cc1. The van der Waals surface area contributed by atoms with Crippen LogP contribution >= 0.6 is 0 Å². The summed E-state index contributed by atoms with van der Waals surface area (Å²) in [4.78, 5) is 39.4. The summed E-state index contributed by atoms with van der Waals surface area (Å²) in [6, 6.07) is 11.0. The van der Waals surface area contributed by atoms with E-state index in [1.165, 1.54) is 18.2 Å². The Morgan fingerprint density at radius 1 is 0.833 bits per heavy atom. The van der Waals surface area contributed by atoms with Gasteiger partial charge in [-0.15, -0.1) is 0 Å². The molecule has 0 saturated heterocycles. The highest BCUT2D eigenvalue weighted by Gasteiger charge is 2.20. The zero-order chi connectivity index (χ0) is 22.3. The number of nitrogens with zero attached hydrogens (tertiary/aromatic N) is 3. The van der Waals surface area contributed by atoms with E-state index in [1.54, 1.807) is 34.1 Å². The summed E-state index contributed by atoms with van der Waals surface area (Å²) in [6.45, 7) is 9.95. The summed E-state index contributed by atoms with van der Waals surface area (Å²) < 4.78 is 0. The molecule has 0 heterocycles. The minimum atomic E-state index is -0.494. The number of nitrogens with one attached hydrogen (secondary N) is 1. The first-order valence-electron chi connectivity index (χ1n) is 10.1. The lowest BCUT2D eigenvalue weighted by molar-refractivity contribution is -0.383. The van der Waals surface area contributed by atoms with Crippen LogP contribution < -0.4 is 5.32 Å². The number of nitro groups is 1. The van der Waals surface area contributed by atoms with Gasteiger partial charge in [0, 0.05) is 49.1 Å². The lowest BCUT2D eigenvalue weighted by atomic mass is 10.1. The van der Waals surface area contributed by atoms with Crippen LogP contribution in [0.25, 0.3) is 0 Å². The molecule has 0 bridgehead atoms. The van der Waals surface area contributed by atoms with Crippen molar-refractivity contribution in [2.24, 2.45) is 0 Å². The fourth-order valence-corrected chi connectivity index (χ4v) is 3.17. The summed E-state index contributed by atoms with van der Waals surface area (Å²) in [7, 11) is 0. The molecule has 0 spiro atoms. The van der Waals surface area contributed by atoms with Crippen molar-refractivity contribution in [3.05, 3.63) is 63.7 Å². The number of benzene rings is 2. The van der Waals surface area contributed by atoms with E-state index in [1.807, 2.05) is 27.7 Å². The van der Waals surface area contributed by atoms with Crippen LogP contribution in [-0.4, -0.2) is 52.7 Å². The zero-order valence-electron chi connectivity index (χ0n) is 17.8. The summed E-state index contributed by atoms with van der Waals surface area (Å²) in [5.74, 6) is -0.248. The summed E-state index contributed by atoms with van der Waals surface area (Å²) >= 11 is 0. The molecule has 2 rings (SSSR count). The third-order valence-corrected chi connectivity index (χ3v) is 4.95. The smallest absolute Gasteiger partial charge is 0.292 e. The average Bonchev–Trinajstić information content (AvgIpc) is 2.75. The van der Waals surface area contributed by atoms with Crippen molar-refractivity contribution in [2.45, 2.75) is 27.7 Å². The Morgan fingerprint density at radius 3 is 1.77 bits per heavy atom. The van der Waals surface area contributed by atoms with Crippen LogP contribution in [0.4, 0.5) is 17.1 Å². The number of carbonyl (C=O) groups is 2. The highest BCUT2D eigenvalue weighted by Crippen LogP contribution is 2.29. The Hall–Kier alpha value is -3.42. The molecule has 0 fully saturated rings. The van der Waals surface area contributed by atoms with E-state index in [0.29, 0.717) is 43.0 Å². The monoisotopic (exact) mass is 412 g/mol. The van der Waals surface area contributed by atoms with Crippen LogP contribution in [0.3, 0.4) is 0 Å². The van der Waals surface area contributed by atoms with Crippen molar-refractivity contribution in [1.29, 1.82) is 0 Å². The van der Waals surface area contributed by atoms with Crippen LogP contribution in [0.5, 0.6) is 0 Å². The molecule has 2 aromatic rings. The number of hydrogen-bond acceptors (Lipinski definition) is 5. The largest absolute Gasteiger partial charge is 0.350 e. The fraction of sp³-hybridized carbons (Fsp3) is 0.364. The summed E-state index contributed by atoms with van der Waals surface area (Å²) in [5.41, 5.74) is 1.60. The van der Waals surface area contributed by atoms with Crippen LogP contribution in [0, 0.1) is 10.1 Å². The standard InChI is InChI=1S/C22H28N4O4/c1-5-24(6-2)21(27)16-9-12-18(13-10-16)23-19-15-17(11-14-20(19)26(29)30)22(28)25(7-3)8-4/h9-15,23H,5-8H2,1-4H3. The van der Waals surface area contributed by atoms with E-state index < -0.39 is 4.92 Å². The number of hydrogen-bond donors (Lipinski definition) is 1.